The van der Waals surface area contributed by atoms with Crippen LogP contribution in [0.25, 0.3) is 33.3 Å². The van der Waals surface area contributed by atoms with Gasteiger partial charge in [0.1, 0.15) is 17.6 Å². The van der Waals surface area contributed by atoms with E-state index in [2.05, 4.69) is 12.2 Å². The molecular weight excluding hydrogens is 445 g/mol. The van der Waals surface area contributed by atoms with Crippen LogP contribution < -0.4 is 15.8 Å². The van der Waals surface area contributed by atoms with E-state index in [0.29, 0.717) is 34.5 Å². The van der Waals surface area contributed by atoms with Gasteiger partial charge in [-0.3, -0.25) is 4.79 Å². The zero-order valence-electron chi connectivity index (χ0n) is 19.7. The molecule has 0 aliphatic rings. The smallest absolute Gasteiger partial charge is 0.325 e. The monoisotopic (exact) mass is 473 g/mol. The second kappa shape index (κ2) is 10.5. The van der Waals surface area contributed by atoms with Crippen molar-refractivity contribution in [2.45, 2.75) is 32.9 Å². The lowest BCUT2D eigenvalue weighted by molar-refractivity contribution is -0.137. The fourth-order valence-electron chi connectivity index (χ4n) is 4.01. The van der Waals surface area contributed by atoms with E-state index in [-0.39, 0.29) is 6.54 Å². The molecule has 35 heavy (non-hydrogen) atoms. The van der Waals surface area contributed by atoms with Gasteiger partial charge in [-0.1, -0.05) is 49.4 Å². The van der Waals surface area contributed by atoms with Crippen LogP contribution in [-0.4, -0.2) is 28.7 Å². The van der Waals surface area contributed by atoms with E-state index in [1.165, 1.54) is 19.1 Å². The number of benzene rings is 3. The van der Waals surface area contributed by atoms with Crippen molar-refractivity contribution in [1.82, 2.24) is 4.98 Å². The number of aromatic nitrogens is 1. The third kappa shape index (κ3) is 5.10. The number of para-hydroxylation sites is 1. The van der Waals surface area contributed by atoms with Gasteiger partial charge < -0.3 is 20.9 Å². The topological polar surface area (TPSA) is 97.5 Å². The standard InChI is InChI=1S/C28H28FN3O3/c1-3-14-35-25-7-5-4-6-21(25)18-8-10-19(11-9-18)26-23(16-30)27(31-17(2)28(33)34)22-15-20(29)12-13-24(22)32-26/h4-13,15,17H,3,14,16,30H2,1-2H3,(H,31,32)(H,33,34). The SMILES string of the molecule is CCCOc1ccccc1-c1ccc(-c2nc3ccc(F)cc3c(NC(C)C(=O)O)c2CN)cc1. The van der Waals surface area contributed by atoms with Crippen molar-refractivity contribution in [3.8, 4) is 28.1 Å². The summed E-state index contributed by atoms with van der Waals surface area (Å²) in [5.74, 6) is -0.636. The molecule has 4 aromatic rings. The molecule has 1 heterocycles. The lowest BCUT2D eigenvalue weighted by atomic mass is 9.97. The van der Waals surface area contributed by atoms with Crippen molar-refractivity contribution in [3.05, 3.63) is 78.1 Å². The molecule has 0 spiro atoms. The molecule has 0 fully saturated rings. The highest BCUT2D eigenvalue weighted by atomic mass is 19.1. The van der Waals surface area contributed by atoms with Gasteiger partial charge in [0.05, 0.1) is 23.5 Å². The molecule has 0 saturated heterocycles. The van der Waals surface area contributed by atoms with Gasteiger partial charge >= 0.3 is 5.97 Å². The van der Waals surface area contributed by atoms with Gasteiger partial charge in [0.15, 0.2) is 0 Å². The summed E-state index contributed by atoms with van der Waals surface area (Å²) >= 11 is 0. The molecule has 180 valence electrons. The number of carboxylic acids is 1. The number of hydrogen-bond donors (Lipinski definition) is 3. The van der Waals surface area contributed by atoms with Gasteiger partial charge in [0.25, 0.3) is 0 Å². The quantitative estimate of drug-likeness (QED) is 0.283. The molecule has 1 aromatic heterocycles. The third-order valence-electron chi connectivity index (χ3n) is 5.80. The molecule has 6 nitrogen and oxygen atoms in total. The molecule has 7 heteroatoms. The summed E-state index contributed by atoms with van der Waals surface area (Å²) in [6, 6.07) is 19.2. The van der Waals surface area contributed by atoms with Gasteiger partial charge in [-0.25, -0.2) is 9.37 Å². The summed E-state index contributed by atoms with van der Waals surface area (Å²) in [5.41, 5.74) is 11.2. The van der Waals surface area contributed by atoms with Gasteiger partial charge in [-0.05, 0) is 43.2 Å². The van der Waals surface area contributed by atoms with Gasteiger partial charge in [0.2, 0.25) is 0 Å². The zero-order valence-corrected chi connectivity index (χ0v) is 19.7. The predicted octanol–water partition coefficient (Wildman–Crippen LogP) is 5.84. The van der Waals surface area contributed by atoms with Crippen molar-refractivity contribution >= 4 is 22.6 Å². The number of fused-ring (bicyclic) bond motifs is 1. The average Bonchev–Trinajstić information content (AvgIpc) is 2.87. The molecule has 4 N–H and O–H groups in total. The maximum atomic E-state index is 14.1. The summed E-state index contributed by atoms with van der Waals surface area (Å²) < 4.78 is 20.0. The van der Waals surface area contributed by atoms with Crippen LogP contribution in [0.5, 0.6) is 5.75 Å². The molecule has 0 saturated carbocycles. The number of hydrogen-bond acceptors (Lipinski definition) is 5. The first-order valence-electron chi connectivity index (χ1n) is 11.6. The first-order valence-corrected chi connectivity index (χ1v) is 11.6. The number of carboxylic acid groups (broad SMARTS) is 1. The van der Waals surface area contributed by atoms with Crippen LogP contribution >= 0.6 is 0 Å². The van der Waals surface area contributed by atoms with E-state index in [4.69, 9.17) is 15.5 Å². The second-order valence-electron chi connectivity index (χ2n) is 8.31. The van der Waals surface area contributed by atoms with Crippen molar-refractivity contribution in [2.75, 3.05) is 11.9 Å². The second-order valence-corrected chi connectivity index (χ2v) is 8.31. The summed E-state index contributed by atoms with van der Waals surface area (Å²) in [6.07, 6.45) is 0.920. The summed E-state index contributed by atoms with van der Waals surface area (Å²) in [6.45, 7) is 4.33. The number of nitrogens with two attached hydrogens (primary N) is 1. The van der Waals surface area contributed by atoms with E-state index in [9.17, 15) is 14.3 Å². The molecule has 3 aromatic carbocycles. The maximum Gasteiger partial charge on any atom is 0.325 e. The zero-order chi connectivity index (χ0) is 24.9. The Morgan fingerprint density at radius 2 is 1.83 bits per heavy atom. The Morgan fingerprint density at radius 1 is 1.11 bits per heavy atom. The Balaban J connectivity index is 1.82. The number of anilines is 1. The lowest BCUT2D eigenvalue weighted by Gasteiger charge is -2.20. The van der Waals surface area contributed by atoms with E-state index in [1.807, 2.05) is 48.5 Å². The summed E-state index contributed by atoms with van der Waals surface area (Å²) in [5, 5.41) is 12.9. The van der Waals surface area contributed by atoms with E-state index in [1.54, 1.807) is 6.07 Å². The van der Waals surface area contributed by atoms with E-state index in [0.717, 1.165) is 28.9 Å². The number of carbonyl (C=O) groups is 1. The Kier molecular flexibility index (Phi) is 7.27. The van der Waals surface area contributed by atoms with Gasteiger partial charge in [0, 0.05) is 28.6 Å². The van der Waals surface area contributed by atoms with Crippen LogP contribution in [-0.2, 0) is 11.3 Å². The number of rotatable bonds is 9. The van der Waals surface area contributed by atoms with Gasteiger partial charge in [-0.15, -0.1) is 0 Å². The summed E-state index contributed by atoms with van der Waals surface area (Å²) in [4.78, 5) is 16.3. The fourth-order valence-corrected chi connectivity index (χ4v) is 4.01. The highest BCUT2D eigenvalue weighted by Crippen LogP contribution is 2.36. The molecule has 0 radical (unpaired) electrons. The van der Waals surface area contributed by atoms with Crippen LogP contribution in [0.1, 0.15) is 25.8 Å². The first-order chi connectivity index (χ1) is 16.9. The van der Waals surface area contributed by atoms with Gasteiger partial charge in [-0.2, -0.15) is 0 Å². The molecular formula is C28H28FN3O3. The number of nitrogens with zero attached hydrogens (tertiary/aromatic N) is 1. The fraction of sp³-hybridized carbons (Fsp3) is 0.214. The van der Waals surface area contributed by atoms with Crippen LogP contribution in [0.4, 0.5) is 10.1 Å². The summed E-state index contributed by atoms with van der Waals surface area (Å²) in [7, 11) is 0. The van der Waals surface area contributed by atoms with Crippen LogP contribution in [0.2, 0.25) is 0 Å². The highest BCUT2D eigenvalue weighted by Gasteiger charge is 2.20. The van der Waals surface area contributed by atoms with E-state index >= 15 is 0 Å². The van der Waals surface area contributed by atoms with E-state index < -0.39 is 17.8 Å². The number of aliphatic carboxylic acids is 1. The molecule has 0 aliphatic carbocycles. The van der Waals surface area contributed by atoms with Crippen LogP contribution in [0, 0.1) is 5.82 Å². The Bertz CT molecular complexity index is 1360. The lowest BCUT2D eigenvalue weighted by Crippen LogP contribution is -2.26. The molecule has 1 unspecified atom stereocenters. The van der Waals surface area contributed by atoms with Crippen molar-refractivity contribution in [1.29, 1.82) is 0 Å². The maximum absolute atomic E-state index is 14.1. The number of halogens is 1. The number of pyridine rings is 1. The average molecular weight is 474 g/mol. The Hall–Kier alpha value is -3.97. The Morgan fingerprint density at radius 3 is 2.51 bits per heavy atom. The van der Waals surface area contributed by atoms with Crippen molar-refractivity contribution in [3.63, 3.8) is 0 Å². The minimum atomic E-state index is -1.02. The number of nitrogens with one attached hydrogen (secondary N) is 1. The predicted molar refractivity (Wildman–Crippen MR) is 137 cm³/mol. The minimum Gasteiger partial charge on any atom is -0.493 e. The molecule has 0 aliphatic heterocycles. The molecule has 0 bridgehead atoms. The minimum absolute atomic E-state index is 0.0961. The number of ether oxygens (including phenoxy) is 1. The van der Waals surface area contributed by atoms with Crippen molar-refractivity contribution < 1.29 is 19.0 Å². The molecule has 0 amide bonds. The molecule has 1 atom stereocenters. The first kappa shape index (κ1) is 24.2. The van der Waals surface area contributed by atoms with Crippen molar-refractivity contribution in [2.24, 2.45) is 5.73 Å². The molecule has 4 rings (SSSR count). The normalized spacial score (nSPS) is 11.9. The third-order valence-corrected chi connectivity index (χ3v) is 5.80. The Labute approximate surface area is 203 Å². The highest BCUT2D eigenvalue weighted by molar-refractivity contribution is 5.98. The van der Waals surface area contributed by atoms with Crippen LogP contribution in [0.15, 0.2) is 66.7 Å². The largest absolute Gasteiger partial charge is 0.493 e. The van der Waals surface area contributed by atoms with Crippen LogP contribution in [0.3, 0.4) is 0 Å².